The molecule has 0 unspecified atom stereocenters. The van der Waals surface area contributed by atoms with Crippen LogP contribution in [0, 0.1) is 17.3 Å². The number of methoxy groups -OCH3 is 1. The van der Waals surface area contributed by atoms with E-state index in [0.717, 1.165) is 17.0 Å². The summed E-state index contributed by atoms with van der Waals surface area (Å²) in [6.45, 7) is 8.39. The molecule has 1 amide bonds. The summed E-state index contributed by atoms with van der Waals surface area (Å²) in [5, 5.41) is 10.1. The maximum Gasteiger partial charge on any atom is 0.229 e. The molecular formula is C20H25N3O2. The lowest BCUT2D eigenvalue weighted by molar-refractivity contribution is -0.118. The third kappa shape index (κ3) is 3.31. The summed E-state index contributed by atoms with van der Waals surface area (Å²) in [5.41, 5.74) is 2.95. The molecule has 0 bridgehead atoms. The van der Waals surface area contributed by atoms with Crippen molar-refractivity contribution in [3.63, 3.8) is 0 Å². The van der Waals surface area contributed by atoms with Gasteiger partial charge in [-0.25, -0.2) is 0 Å². The minimum Gasteiger partial charge on any atom is -0.496 e. The van der Waals surface area contributed by atoms with Crippen LogP contribution in [0.15, 0.2) is 42.0 Å². The van der Waals surface area contributed by atoms with Gasteiger partial charge in [0.25, 0.3) is 0 Å². The van der Waals surface area contributed by atoms with Gasteiger partial charge in [-0.15, -0.1) is 0 Å². The normalized spacial score (nSPS) is 20.7. The number of H-pyrrole nitrogens is 1. The van der Waals surface area contributed by atoms with Gasteiger partial charge in [-0.1, -0.05) is 37.6 Å². The van der Waals surface area contributed by atoms with Crippen LogP contribution >= 0.6 is 0 Å². The van der Waals surface area contributed by atoms with Crippen molar-refractivity contribution in [2.24, 2.45) is 17.3 Å². The molecule has 0 aliphatic heterocycles. The highest BCUT2D eigenvalue weighted by Gasteiger charge is 2.60. The highest BCUT2D eigenvalue weighted by Crippen LogP contribution is 2.59. The zero-order chi connectivity index (χ0) is 18.2. The molecule has 2 N–H and O–H groups in total. The Bertz CT molecular complexity index is 816. The smallest absolute Gasteiger partial charge is 0.229 e. The Morgan fingerprint density at radius 1 is 1.32 bits per heavy atom. The number of hydrogen-bond donors (Lipinski definition) is 2. The number of aromatic amines is 1. The second-order valence-electron chi connectivity index (χ2n) is 7.43. The van der Waals surface area contributed by atoms with Crippen molar-refractivity contribution in [3.05, 3.63) is 42.0 Å². The van der Waals surface area contributed by atoms with E-state index in [4.69, 9.17) is 4.74 Å². The van der Waals surface area contributed by atoms with Crippen molar-refractivity contribution in [3.8, 4) is 17.0 Å². The fraction of sp³-hybridized carbons (Fsp3) is 0.400. The molecular weight excluding hydrogens is 314 g/mol. The molecule has 1 fully saturated rings. The molecule has 1 aromatic heterocycles. The zero-order valence-electron chi connectivity index (χ0n) is 15.4. The number of carbonyl (C=O) groups is 1. The van der Waals surface area contributed by atoms with E-state index in [1.54, 1.807) is 7.11 Å². The molecule has 132 valence electrons. The van der Waals surface area contributed by atoms with Crippen LogP contribution in [0.3, 0.4) is 0 Å². The Balaban J connectivity index is 1.74. The van der Waals surface area contributed by atoms with Crippen LogP contribution in [0.25, 0.3) is 11.3 Å². The lowest BCUT2D eigenvalue weighted by atomic mass is 10.1. The summed E-state index contributed by atoms with van der Waals surface area (Å²) < 4.78 is 5.38. The van der Waals surface area contributed by atoms with Gasteiger partial charge in [0.15, 0.2) is 5.82 Å². The Labute approximate surface area is 148 Å². The first-order valence-electron chi connectivity index (χ1n) is 8.49. The van der Waals surface area contributed by atoms with Gasteiger partial charge in [0.2, 0.25) is 5.91 Å². The van der Waals surface area contributed by atoms with Crippen LogP contribution in [0.4, 0.5) is 5.82 Å². The molecule has 2 atom stereocenters. The van der Waals surface area contributed by atoms with Gasteiger partial charge in [0.1, 0.15) is 5.75 Å². The largest absolute Gasteiger partial charge is 0.496 e. The maximum absolute atomic E-state index is 12.6. The van der Waals surface area contributed by atoms with Crippen molar-refractivity contribution >= 4 is 11.7 Å². The van der Waals surface area contributed by atoms with E-state index < -0.39 is 0 Å². The van der Waals surface area contributed by atoms with Crippen LogP contribution in [-0.2, 0) is 4.79 Å². The van der Waals surface area contributed by atoms with Crippen LogP contribution in [0.1, 0.15) is 27.7 Å². The summed E-state index contributed by atoms with van der Waals surface area (Å²) in [6.07, 6.45) is 2.19. The SMILES string of the molecule is COc1ccccc1-c1cc(NC(=O)[C@H]2[C@@H](C=C(C)C)C2(C)C)n[nH]1. The number of ether oxygens (including phenoxy) is 1. The lowest BCUT2D eigenvalue weighted by Crippen LogP contribution is -2.17. The molecule has 2 aromatic rings. The number of nitrogens with zero attached hydrogens (tertiary/aromatic N) is 1. The third-order valence-corrected chi connectivity index (χ3v) is 4.93. The van der Waals surface area contributed by atoms with E-state index in [-0.39, 0.29) is 23.2 Å². The number of amides is 1. The summed E-state index contributed by atoms with van der Waals surface area (Å²) >= 11 is 0. The molecule has 1 aliphatic carbocycles. The van der Waals surface area contributed by atoms with E-state index in [1.807, 2.05) is 30.3 Å². The predicted octanol–water partition coefficient (Wildman–Crippen LogP) is 4.26. The minimum absolute atomic E-state index is 0.0108. The Morgan fingerprint density at radius 3 is 2.72 bits per heavy atom. The molecule has 0 radical (unpaired) electrons. The zero-order valence-corrected chi connectivity index (χ0v) is 15.4. The topological polar surface area (TPSA) is 67.0 Å². The molecule has 5 heteroatoms. The van der Waals surface area contributed by atoms with E-state index in [1.165, 1.54) is 5.57 Å². The fourth-order valence-electron chi connectivity index (χ4n) is 3.44. The summed E-state index contributed by atoms with van der Waals surface area (Å²) in [6, 6.07) is 9.53. The van der Waals surface area contributed by atoms with Crippen molar-refractivity contribution in [1.29, 1.82) is 0 Å². The van der Waals surface area contributed by atoms with E-state index in [9.17, 15) is 4.79 Å². The Hall–Kier alpha value is -2.56. The molecule has 1 aliphatic rings. The minimum atomic E-state index is -0.0196. The number of allylic oxidation sites excluding steroid dienone is 2. The Kier molecular flexibility index (Phi) is 4.41. The van der Waals surface area contributed by atoms with Crippen LogP contribution in [0.2, 0.25) is 0 Å². The van der Waals surface area contributed by atoms with Gasteiger partial charge in [-0.2, -0.15) is 5.10 Å². The van der Waals surface area contributed by atoms with E-state index in [2.05, 4.69) is 49.3 Å². The quantitative estimate of drug-likeness (QED) is 0.800. The monoisotopic (exact) mass is 339 g/mol. The van der Waals surface area contributed by atoms with Crippen LogP contribution in [-0.4, -0.2) is 23.2 Å². The fourth-order valence-corrected chi connectivity index (χ4v) is 3.44. The first-order chi connectivity index (χ1) is 11.8. The van der Waals surface area contributed by atoms with Crippen molar-refractivity contribution in [1.82, 2.24) is 10.2 Å². The average molecular weight is 339 g/mol. The van der Waals surface area contributed by atoms with Crippen LogP contribution < -0.4 is 10.1 Å². The highest BCUT2D eigenvalue weighted by molar-refractivity contribution is 5.95. The molecule has 0 spiro atoms. The van der Waals surface area contributed by atoms with Gasteiger partial charge >= 0.3 is 0 Å². The van der Waals surface area contributed by atoms with Crippen molar-refractivity contribution < 1.29 is 9.53 Å². The number of anilines is 1. The molecule has 3 rings (SSSR count). The number of rotatable bonds is 5. The summed E-state index contributed by atoms with van der Waals surface area (Å²) in [4.78, 5) is 12.6. The van der Waals surface area contributed by atoms with Crippen LogP contribution in [0.5, 0.6) is 5.75 Å². The molecule has 1 aromatic carbocycles. The number of hydrogen-bond acceptors (Lipinski definition) is 3. The van der Waals surface area contributed by atoms with Gasteiger partial charge in [-0.3, -0.25) is 9.89 Å². The van der Waals surface area contributed by atoms with Crippen molar-refractivity contribution in [2.75, 3.05) is 12.4 Å². The maximum atomic E-state index is 12.6. The second-order valence-corrected chi connectivity index (χ2v) is 7.43. The van der Waals surface area contributed by atoms with E-state index in [0.29, 0.717) is 5.82 Å². The standard InChI is InChI=1S/C20H25N3O2/c1-12(2)10-14-18(20(14,3)4)19(24)21-17-11-15(22-23-17)13-8-6-7-9-16(13)25-5/h6-11,14,18H,1-5H3,(H2,21,22,23,24)/t14-,18-/m1/s1. The molecule has 5 nitrogen and oxygen atoms in total. The molecule has 1 heterocycles. The number of carbonyl (C=O) groups excluding carboxylic acids is 1. The summed E-state index contributed by atoms with van der Waals surface area (Å²) in [7, 11) is 1.64. The van der Waals surface area contributed by atoms with Gasteiger partial charge < -0.3 is 10.1 Å². The highest BCUT2D eigenvalue weighted by atomic mass is 16.5. The molecule has 0 saturated heterocycles. The predicted molar refractivity (Wildman–Crippen MR) is 99.4 cm³/mol. The van der Waals surface area contributed by atoms with E-state index >= 15 is 0 Å². The van der Waals surface area contributed by atoms with Gasteiger partial charge in [-0.05, 0) is 37.3 Å². The van der Waals surface area contributed by atoms with Crippen molar-refractivity contribution in [2.45, 2.75) is 27.7 Å². The van der Waals surface area contributed by atoms with Gasteiger partial charge in [0.05, 0.1) is 18.7 Å². The number of aromatic nitrogens is 2. The second kappa shape index (κ2) is 6.39. The number of benzene rings is 1. The van der Waals surface area contributed by atoms with Gasteiger partial charge in [0, 0.05) is 11.6 Å². The molecule has 1 saturated carbocycles. The lowest BCUT2D eigenvalue weighted by Gasteiger charge is -2.05. The summed E-state index contributed by atoms with van der Waals surface area (Å²) in [5.74, 6) is 1.57. The first kappa shape index (κ1) is 17.3. The average Bonchev–Trinajstić information content (AvgIpc) is 2.90. The molecule has 25 heavy (non-hydrogen) atoms. The number of nitrogens with one attached hydrogen (secondary N) is 2. The number of para-hydroxylation sites is 1. The Morgan fingerprint density at radius 2 is 2.04 bits per heavy atom. The first-order valence-corrected chi connectivity index (χ1v) is 8.49. The third-order valence-electron chi connectivity index (χ3n) is 4.93.